The molecule has 5 nitrogen and oxygen atoms in total. The third-order valence-electron chi connectivity index (χ3n) is 4.02. The van der Waals surface area contributed by atoms with E-state index in [9.17, 15) is 9.59 Å². The molecule has 1 heterocycles. The molecule has 2 N–H and O–H groups in total. The highest BCUT2D eigenvalue weighted by molar-refractivity contribution is 6.48. The topological polar surface area (TPSA) is 75.6 Å². The lowest BCUT2D eigenvalue weighted by Crippen LogP contribution is -2.66. The summed E-state index contributed by atoms with van der Waals surface area (Å²) >= 11 is 0. The predicted octanol–water partition coefficient (Wildman–Crippen LogP) is 1.75. The van der Waals surface area contributed by atoms with Gasteiger partial charge in [0.05, 0.1) is 17.9 Å². The first-order chi connectivity index (χ1) is 9.05. The number of nitrogens with one attached hydrogen (secondary N) is 1. The highest BCUT2D eigenvalue weighted by Crippen LogP contribution is 2.40. The standard InChI is InChI=1S/C14H26NO4Si/c1-8(13(17)18)11-10(12(16)15-11)9(14(2,3)4)7-19-20(5)6/h8-11H,7H2,1-6H3,(H,15,16)(H,17,18)/t8-,9-,10+,11+/m1/s1. The van der Waals surface area contributed by atoms with Crippen molar-refractivity contribution >= 4 is 20.9 Å². The van der Waals surface area contributed by atoms with Gasteiger partial charge in [0.2, 0.25) is 14.9 Å². The number of carbonyl (C=O) groups is 2. The molecule has 0 aromatic rings. The average Bonchev–Trinajstić information content (AvgIpc) is 2.28. The summed E-state index contributed by atoms with van der Waals surface area (Å²) in [6, 6.07) is -0.294. The molecular formula is C14H26NO4Si. The number of aliphatic carboxylic acids is 1. The van der Waals surface area contributed by atoms with Crippen molar-refractivity contribution in [1.82, 2.24) is 5.32 Å². The van der Waals surface area contributed by atoms with Gasteiger partial charge in [0, 0.05) is 6.61 Å². The molecule has 1 rings (SSSR count). The summed E-state index contributed by atoms with van der Waals surface area (Å²) in [6.07, 6.45) is 0. The molecule has 1 radical (unpaired) electrons. The van der Waals surface area contributed by atoms with Crippen molar-refractivity contribution in [2.45, 2.75) is 46.8 Å². The van der Waals surface area contributed by atoms with Gasteiger partial charge in [-0.1, -0.05) is 20.8 Å². The second kappa shape index (κ2) is 6.26. The summed E-state index contributed by atoms with van der Waals surface area (Å²) in [5.41, 5.74) is -0.101. The van der Waals surface area contributed by atoms with Crippen molar-refractivity contribution < 1.29 is 19.1 Å². The van der Waals surface area contributed by atoms with Crippen LogP contribution in [-0.4, -0.2) is 38.7 Å². The first-order valence-corrected chi connectivity index (χ1v) is 9.42. The van der Waals surface area contributed by atoms with Crippen molar-refractivity contribution in [1.29, 1.82) is 0 Å². The van der Waals surface area contributed by atoms with Crippen LogP contribution in [0.5, 0.6) is 0 Å². The zero-order valence-electron chi connectivity index (χ0n) is 13.2. The van der Waals surface area contributed by atoms with Gasteiger partial charge < -0.3 is 14.8 Å². The van der Waals surface area contributed by atoms with Crippen LogP contribution in [0.1, 0.15) is 27.7 Å². The van der Waals surface area contributed by atoms with E-state index in [1.807, 2.05) is 0 Å². The van der Waals surface area contributed by atoms with E-state index in [2.05, 4.69) is 39.2 Å². The van der Waals surface area contributed by atoms with Crippen molar-refractivity contribution in [3.63, 3.8) is 0 Å². The Balaban J connectivity index is 2.88. The molecule has 1 aliphatic rings. The maximum Gasteiger partial charge on any atom is 0.308 e. The maximum atomic E-state index is 11.9. The van der Waals surface area contributed by atoms with Crippen molar-refractivity contribution in [2.75, 3.05) is 6.61 Å². The molecule has 0 bridgehead atoms. The van der Waals surface area contributed by atoms with Gasteiger partial charge in [-0.15, -0.1) is 0 Å². The van der Waals surface area contributed by atoms with Crippen LogP contribution in [0.3, 0.4) is 0 Å². The highest BCUT2D eigenvalue weighted by atomic mass is 28.3. The average molecular weight is 300 g/mol. The fourth-order valence-corrected chi connectivity index (χ4v) is 3.10. The minimum atomic E-state index is -0.871. The van der Waals surface area contributed by atoms with Crippen LogP contribution in [0, 0.1) is 23.2 Å². The van der Waals surface area contributed by atoms with E-state index in [0.717, 1.165) is 0 Å². The Morgan fingerprint density at radius 1 is 1.45 bits per heavy atom. The van der Waals surface area contributed by atoms with Crippen LogP contribution >= 0.6 is 0 Å². The van der Waals surface area contributed by atoms with Crippen LogP contribution in [0.25, 0.3) is 0 Å². The van der Waals surface area contributed by atoms with Gasteiger partial charge in [0.15, 0.2) is 0 Å². The lowest BCUT2D eigenvalue weighted by Gasteiger charge is -2.47. The minimum Gasteiger partial charge on any atom is -0.481 e. The molecular weight excluding hydrogens is 274 g/mol. The molecule has 0 spiro atoms. The normalized spacial score (nSPS) is 25.9. The Morgan fingerprint density at radius 3 is 2.35 bits per heavy atom. The van der Waals surface area contributed by atoms with E-state index in [4.69, 9.17) is 9.53 Å². The third kappa shape index (κ3) is 3.82. The Hall–Kier alpha value is -0.883. The van der Waals surface area contributed by atoms with Crippen molar-refractivity contribution in [3.05, 3.63) is 0 Å². The van der Waals surface area contributed by atoms with Crippen molar-refractivity contribution in [3.8, 4) is 0 Å². The Morgan fingerprint density at radius 2 is 2.00 bits per heavy atom. The Bertz CT molecular complexity index is 378. The number of hydrogen-bond donors (Lipinski definition) is 2. The first-order valence-electron chi connectivity index (χ1n) is 7.01. The lowest BCUT2D eigenvalue weighted by atomic mass is 9.65. The molecule has 115 valence electrons. The molecule has 0 aliphatic carbocycles. The first kappa shape index (κ1) is 17.2. The number of rotatable bonds is 6. The molecule has 0 aromatic carbocycles. The van der Waals surface area contributed by atoms with Crippen LogP contribution in [-0.2, 0) is 14.0 Å². The summed E-state index contributed by atoms with van der Waals surface area (Å²) in [5.74, 6) is -1.74. The molecule has 0 unspecified atom stereocenters. The number of hydrogen-bond acceptors (Lipinski definition) is 3. The molecule has 1 aliphatic heterocycles. The van der Waals surface area contributed by atoms with E-state index >= 15 is 0 Å². The SMILES string of the molecule is C[C@@H](C(=O)O)[C@@H]1NC(=O)[C@H]1[C@@H](CO[Si](C)C)C(C)(C)C. The van der Waals surface area contributed by atoms with E-state index < -0.39 is 20.9 Å². The fourth-order valence-electron chi connectivity index (χ4n) is 2.59. The Kier molecular flexibility index (Phi) is 5.37. The van der Waals surface area contributed by atoms with E-state index in [1.165, 1.54) is 0 Å². The molecule has 0 saturated carbocycles. The van der Waals surface area contributed by atoms with E-state index in [0.29, 0.717) is 6.61 Å². The van der Waals surface area contributed by atoms with Gasteiger partial charge >= 0.3 is 5.97 Å². The molecule has 20 heavy (non-hydrogen) atoms. The van der Waals surface area contributed by atoms with Gasteiger partial charge in [0.25, 0.3) is 0 Å². The summed E-state index contributed by atoms with van der Waals surface area (Å²) in [7, 11) is -0.825. The summed E-state index contributed by atoms with van der Waals surface area (Å²) in [4.78, 5) is 23.1. The van der Waals surface area contributed by atoms with Gasteiger partial charge in [0.1, 0.15) is 0 Å². The quantitative estimate of drug-likeness (QED) is 0.579. The number of carbonyl (C=O) groups excluding carboxylic acids is 1. The summed E-state index contributed by atoms with van der Waals surface area (Å²) in [5, 5.41) is 11.9. The van der Waals surface area contributed by atoms with Crippen LogP contribution in [0.15, 0.2) is 0 Å². The zero-order valence-corrected chi connectivity index (χ0v) is 14.2. The molecule has 1 saturated heterocycles. The number of carboxylic acids is 1. The molecule has 1 fully saturated rings. The van der Waals surface area contributed by atoms with E-state index in [1.54, 1.807) is 6.92 Å². The smallest absolute Gasteiger partial charge is 0.308 e. The van der Waals surface area contributed by atoms with Gasteiger partial charge in [-0.2, -0.15) is 0 Å². The molecule has 1 amide bonds. The maximum absolute atomic E-state index is 11.9. The zero-order chi connectivity index (χ0) is 15.7. The van der Waals surface area contributed by atoms with E-state index in [-0.39, 0.29) is 29.2 Å². The lowest BCUT2D eigenvalue weighted by molar-refractivity contribution is -0.152. The summed E-state index contributed by atoms with van der Waals surface area (Å²) in [6.45, 7) is 12.5. The second-order valence-corrected chi connectivity index (χ2v) is 8.98. The highest BCUT2D eigenvalue weighted by Gasteiger charge is 2.51. The fraction of sp³-hybridized carbons (Fsp3) is 0.857. The number of β-lactam (4-membered cyclic amide) rings is 1. The second-order valence-electron chi connectivity index (χ2n) is 6.88. The predicted molar refractivity (Wildman–Crippen MR) is 78.6 cm³/mol. The Labute approximate surface area is 122 Å². The number of carboxylic acid groups (broad SMARTS) is 1. The number of amides is 1. The van der Waals surface area contributed by atoms with Crippen LogP contribution in [0.4, 0.5) is 0 Å². The van der Waals surface area contributed by atoms with Crippen LogP contribution in [0.2, 0.25) is 13.1 Å². The molecule has 4 atom stereocenters. The summed E-state index contributed by atoms with van der Waals surface area (Å²) < 4.78 is 5.80. The molecule has 0 aromatic heterocycles. The largest absolute Gasteiger partial charge is 0.481 e. The van der Waals surface area contributed by atoms with Gasteiger partial charge in [-0.05, 0) is 31.4 Å². The van der Waals surface area contributed by atoms with Gasteiger partial charge in [-0.25, -0.2) is 0 Å². The molecule has 6 heteroatoms. The minimum absolute atomic E-state index is 0.0305. The van der Waals surface area contributed by atoms with Crippen molar-refractivity contribution in [2.24, 2.45) is 23.2 Å². The third-order valence-corrected chi connectivity index (χ3v) is 4.77. The van der Waals surface area contributed by atoms with Crippen LogP contribution < -0.4 is 5.32 Å². The van der Waals surface area contributed by atoms with Gasteiger partial charge in [-0.3, -0.25) is 9.59 Å². The monoisotopic (exact) mass is 300 g/mol.